The summed E-state index contributed by atoms with van der Waals surface area (Å²) >= 11 is 0. The van der Waals surface area contributed by atoms with Crippen LogP contribution in [-0.4, -0.2) is 22.6 Å². The van der Waals surface area contributed by atoms with Crippen molar-refractivity contribution in [2.75, 3.05) is 6.54 Å². The number of aromatic nitrogens is 1. The normalized spacial score (nSPS) is 13.8. The molecule has 0 saturated carbocycles. The quantitative estimate of drug-likeness (QED) is 0.799. The summed E-state index contributed by atoms with van der Waals surface area (Å²) in [6.45, 7) is 7.43. The van der Waals surface area contributed by atoms with Gasteiger partial charge in [0.05, 0.1) is 17.7 Å². The zero-order chi connectivity index (χ0) is 12.3. The highest BCUT2D eigenvalue weighted by atomic mass is 16.4. The van der Waals surface area contributed by atoms with E-state index in [2.05, 4.69) is 10.3 Å². The molecule has 16 heavy (non-hydrogen) atoms. The van der Waals surface area contributed by atoms with E-state index >= 15 is 0 Å². The zero-order valence-electron chi connectivity index (χ0n) is 10.1. The van der Waals surface area contributed by atoms with Crippen molar-refractivity contribution in [1.29, 1.82) is 0 Å². The Hall–Kier alpha value is -1.36. The Morgan fingerprint density at radius 3 is 2.75 bits per heavy atom. The van der Waals surface area contributed by atoms with Crippen LogP contribution in [0, 0.1) is 12.3 Å². The van der Waals surface area contributed by atoms with Crippen molar-refractivity contribution in [2.24, 2.45) is 5.41 Å². The number of oxazole rings is 1. The van der Waals surface area contributed by atoms with E-state index in [1.807, 2.05) is 13.8 Å². The monoisotopic (exact) mass is 226 g/mol. The second kappa shape index (κ2) is 4.65. The molecule has 1 atom stereocenters. The molecule has 1 rings (SSSR count). The van der Waals surface area contributed by atoms with Crippen LogP contribution >= 0.6 is 0 Å². The Balaban J connectivity index is 2.53. The van der Waals surface area contributed by atoms with Crippen LogP contribution in [0.5, 0.6) is 0 Å². The van der Waals surface area contributed by atoms with Gasteiger partial charge in [0.2, 0.25) is 5.89 Å². The third-order valence-corrected chi connectivity index (χ3v) is 2.44. The van der Waals surface area contributed by atoms with Crippen LogP contribution in [0.25, 0.3) is 0 Å². The number of carboxylic acid groups (broad SMARTS) is 1. The lowest BCUT2D eigenvalue weighted by Gasteiger charge is -2.21. The number of aliphatic carboxylic acids is 1. The fourth-order valence-electron chi connectivity index (χ4n) is 1.14. The molecule has 1 aromatic rings. The average molecular weight is 226 g/mol. The first-order chi connectivity index (χ1) is 7.33. The second-order valence-corrected chi connectivity index (χ2v) is 4.60. The van der Waals surface area contributed by atoms with Crippen LogP contribution < -0.4 is 5.32 Å². The summed E-state index contributed by atoms with van der Waals surface area (Å²) in [6.07, 6.45) is 1.65. The molecule has 0 fully saturated rings. The topological polar surface area (TPSA) is 75.4 Å². The minimum Gasteiger partial charge on any atom is -0.481 e. The molecule has 0 spiro atoms. The number of hydrogen-bond donors (Lipinski definition) is 2. The number of hydrogen-bond acceptors (Lipinski definition) is 4. The van der Waals surface area contributed by atoms with E-state index < -0.39 is 11.4 Å². The van der Waals surface area contributed by atoms with Gasteiger partial charge >= 0.3 is 5.97 Å². The van der Waals surface area contributed by atoms with Crippen molar-refractivity contribution in [3.63, 3.8) is 0 Å². The van der Waals surface area contributed by atoms with Gasteiger partial charge in [0, 0.05) is 6.54 Å². The van der Waals surface area contributed by atoms with Crippen molar-refractivity contribution in [3.8, 4) is 0 Å². The number of carbonyl (C=O) groups is 1. The lowest BCUT2D eigenvalue weighted by Crippen LogP contribution is -2.37. The largest absolute Gasteiger partial charge is 0.481 e. The maximum atomic E-state index is 10.9. The molecule has 0 aliphatic carbocycles. The van der Waals surface area contributed by atoms with E-state index in [-0.39, 0.29) is 6.04 Å². The van der Waals surface area contributed by atoms with E-state index in [4.69, 9.17) is 9.52 Å². The fourth-order valence-corrected chi connectivity index (χ4v) is 1.14. The summed E-state index contributed by atoms with van der Waals surface area (Å²) in [5.41, 5.74) is -0.796. The summed E-state index contributed by atoms with van der Waals surface area (Å²) in [5, 5.41) is 12.0. The predicted octanol–water partition coefficient (Wildman–Crippen LogP) is 1.74. The number of nitrogens with zero attached hydrogens (tertiary/aromatic N) is 1. The molecule has 0 aliphatic heterocycles. The van der Waals surface area contributed by atoms with Gasteiger partial charge in [0.25, 0.3) is 0 Å². The third kappa shape index (κ3) is 3.06. The summed E-state index contributed by atoms with van der Waals surface area (Å²) in [6, 6.07) is -0.0904. The smallest absolute Gasteiger partial charge is 0.310 e. The Morgan fingerprint density at radius 2 is 2.31 bits per heavy atom. The molecule has 1 heterocycles. The highest BCUT2D eigenvalue weighted by Gasteiger charge is 2.27. The van der Waals surface area contributed by atoms with Crippen molar-refractivity contribution in [3.05, 3.63) is 17.8 Å². The fraction of sp³-hybridized carbons (Fsp3) is 0.636. The van der Waals surface area contributed by atoms with E-state index in [1.165, 1.54) is 0 Å². The molecule has 0 aliphatic rings. The molecule has 0 amide bonds. The summed E-state index contributed by atoms with van der Waals surface area (Å²) in [7, 11) is 0. The Bertz CT molecular complexity index is 371. The van der Waals surface area contributed by atoms with Crippen LogP contribution in [-0.2, 0) is 4.79 Å². The molecule has 5 nitrogen and oxygen atoms in total. The lowest BCUT2D eigenvalue weighted by atomic mass is 9.93. The lowest BCUT2D eigenvalue weighted by molar-refractivity contribution is -0.146. The second-order valence-electron chi connectivity index (χ2n) is 4.60. The van der Waals surface area contributed by atoms with Gasteiger partial charge < -0.3 is 14.8 Å². The minimum atomic E-state index is -0.823. The van der Waals surface area contributed by atoms with Gasteiger partial charge in [-0.3, -0.25) is 4.79 Å². The first kappa shape index (κ1) is 12.7. The highest BCUT2D eigenvalue weighted by Crippen LogP contribution is 2.17. The Labute approximate surface area is 94.9 Å². The van der Waals surface area contributed by atoms with Crippen LogP contribution in [0.3, 0.4) is 0 Å². The minimum absolute atomic E-state index is 0.0904. The third-order valence-electron chi connectivity index (χ3n) is 2.44. The zero-order valence-corrected chi connectivity index (χ0v) is 10.1. The van der Waals surface area contributed by atoms with E-state index in [0.29, 0.717) is 12.4 Å². The SMILES string of the molecule is Cc1cnc(C(C)NCC(C)(C)C(=O)O)o1. The van der Waals surface area contributed by atoms with E-state index in [1.54, 1.807) is 20.0 Å². The number of carboxylic acids is 1. The average Bonchev–Trinajstić information content (AvgIpc) is 2.61. The standard InChI is InChI=1S/C11H18N2O3/c1-7-5-12-9(16-7)8(2)13-6-11(3,4)10(14)15/h5,8,13H,6H2,1-4H3,(H,14,15). The molecular formula is C11H18N2O3. The first-order valence-corrected chi connectivity index (χ1v) is 5.22. The molecule has 0 aromatic carbocycles. The van der Waals surface area contributed by atoms with Crippen LogP contribution in [0.15, 0.2) is 10.6 Å². The molecule has 90 valence electrons. The molecule has 1 unspecified atom stereocenters. The predicted molar refractivity (Wildman–Crippen MR) is 59.1 cm³/mol. The number of nitrogens with one attached hydrogen (secondary N) is 1. The van der Waals surface area contributed by atoms with Crippen molar-refractivity contribution in [1.82, 2.24) is 10.3 Å². The van der Waals surface area contributed by atoms with Crippen molar-refractivity contribution >= 4 is 5.97 Å². The molecule has 2 N–H and O–H groups in total. The van der Waals surface area contributed by atoms with Crippen LogP contribution in [0.1, 0.15) is 38.5 Å². The maximum Gasteiger partial charge on any atom is 0.310 e. The van der Waals surface area contributed by atoms with Gasteiger partial charge in [0.1, 0.15) is 5.76 Å². The molecule has 0 bridgehead atoms. The van der Waals surface area contributed by atoms with Gasteiger partial charge in [-0.25, -0.2) is 4.98 Å². The Kier molecular flexibility index (Phi) is 3.70. The molecule has 1 aromatic heterocycles. The molecule has 0 radical (unpaired) electrons. The van der Waals surface area contributed by atoms with Gasteiger partial charge in [-0.15, -0.1) is 0 Å². The van der Waals surface area contributed by atoms with Crippen molar-refractivity contribution < 1.29 is 14.3 Å². The number of rotatable bonds is 5. The van der Waals surface area contributed by atoms with Gasteiger partial charge in [-0.2, -0.15) is 0 Å². The van der Waals surface area contributed by atoms with Gasteiger partial charge in [0.15, 0.2) is 0 Å². The summed E-state index contributed by atoms with van der Waals surface area (Å²) in [4.78, 5) is 15.0. The number of aryl methyl sites for hydroxylation is 1. The highest BCUT2D eigenvalue weighted by molar-refractivity contribution is 5.73. The summed E-state index contributed by atoms with van der Waals surface area (Å²) in [5.74, 6) is 0.510. The maximum absolute atomic E-state index is 10.9. The first-order valence-electron chi connectivity index (χ1n) is 5.22. The molecule has 0 saturated heterocycles. The van der Waals surface area contributed by atoms with Gasteiger partial charge in [-0.1, -0.05) is 0 Å². The van der Waals surface area contributed by atoms with Crippen LogP contribution in [0.4, 0.5) is 0 Å². The Morgan fingerprint density at radius 1 is 1.69 bits per heavy atom. The van der Waals surface area contributed by atoms with E-state index in [0.717, 1.165) is 5.76 Å². The van der Waals surface area contributed by atoms with Crippen LogP contribution in [0.2, 0.25) is 0 Å². The van der Waals surface area contributed by atoms with E-state index in [9.17, 15) is 4.79 Å². The molecule has 5 heteroatoms. The van der Waals surface area contributed by atoms with Gasteiger partial charge in [-0.05, 0) is 27.7 Å². The van der Waals surface area contributed by atoms with Crippen molar-refractivity contribution in [2.45, 2.75) is 33.7 Å². The summed E-state index contributed by atoms with van der Waals surface area (Å²) < 4.78 is 5.35. The molecular weight excluding hydrogens is 208 g/mol.